The van der Waals surface area contributed by atoms with Crippen molar-refractivity contribution in [2.24, 2.45) is 0 Å². The molecule has 0 saturated carbocycles. The van der Waals surface area contributed by atoms with Gasteiger partial charge in [-0.1, -0.05) is 22.5 Å². The van der Waals surface area contributed by atoms with E-state index in [1.54, 1.807) is 11.8 Å². The minimum atomic E-state index is 0.781. The molecular weight excluding hydrogens is 380 g/mol. The summed E-state index contributed by atoms with van der Waals surface area (Å²) < 4.78 is 12.5. The van der Waals surface area contributed by atoms with Crippen molar-refractivity contribution in [2.45, 2.75) is 13.0 Å². The maximum atomic E-state index is 5.49. The molecule has 0 bridgehead atoms. The van der Waals surface area contributed by atoms with E-state index < -0.39 is 0 Å². The normalized spacial score (nSPS) is 15.4. The minimum Gasteiger partial charge on any atom is -0.497 e. The second-order valence-corrected chi connectivity index (χ2v) is 7.47. The number of hydrogen-bond donors (Lipinski definition) is 0. The monoisotopic (exact) mass is 404 g/mol. The van der Waals surface area contributed by atoms with Crippen LogP contribution in [0.3, 0.4) is 0 Å². The third-order valence-electron chi connectivity index (χ3n) is 5.51. The molecule has 4 aromatic rings. The number of aromatic nitrogens is 4. The van der Waals surface area contributed by atoms with E-state index in [4.69, 9.17) is 9.26 Å². The number of fused-ring (bicyclic) bond motifs is 1. The van der Waals surface area contributed by atoms with Crippen LogP contribution < -0.4 is 9.64 Å². The van der Waals surface area contributed by atoms with Gasteiger partial charge >= 0.3 is 0 Å². The number of benzene rings is 2. The summed E-state index contributed by atoms with van der Waals surface area (Å²) in [5.41, 5.74) is 2.77. The molecule has 30 heavy (non-hydrogen) atoms. The summed E-state index contributed by atoms with van der Waals surface area (Å²) in [5, 5.41) is 14.0. The van der Waals surface area contributed by atoms with Crippen molar-refractivity contribution in [2.75, 3.05) is 38.2 Å². The molecule has 0 aliphatic carbocycles. The maximum Gasteiger partial charge on any atom is 0.179 e. The lowest BCUT2D eigenvalue weighted by atomic mass is 10.2. The fraction of sp³-hybridized carbons (Fsp3) is 0.318. The van der Waals surface area contributed by atoms with Crippen LogP contribution in [0.4, 0.5) is 5.82 Å². The zero-order valence-corrected chi connectivity index (χ0v) is 16.9. The molecule has 3 heterocycles. The molecule has 0 atom stereocenters. The van der Waals surface area contributed by atoms with Crippen molar-refractivity contribution in [3.8, 4) is 11.4 Å². The summed E-state index contributed by atoms with van der Waals surface area (Å²) in [6.45, 7) is 4.61. The Morgan fingerprint density at radius 2 is 1.87 bits per heavy atom. The summed E-state index contributed by atoms with van der Waals surface area (Å²) >= 11 is 0. The largest absolute Gasteiger partial charge is 0.497 e. The molecule has 0 radical (unpaired) electrons. The molecule has 1 saturated heterocycles. The highest BCUT2D eigenvalue weighted by atomic mass is 16.5. The average molecular weight is 404 g/mol. The molecule has 5 rings (SSSR count). The Bertz CT molecular complexity index is 1120. The van der Waals surface area contributed by atoms with Crippen LogP contribution in [-0.2, 0) is 6.54 Å². The minimum absolute atomic E-state index is 0.781. The molecule has 2 aromatic carbocycles. The van der Waals surface area contributed by atoms with Crippen molar-refractivity contribution in [3.63, 3.8) is 0 Å². The van der Waals surface area contributed by atoms with Crippen LogP contribution in [0.1, 0.15) is 12.1 Å². The SMILES string of the molecule is COc1ccc(-n2cc(CN3CCCN(c4noc5ccccc45)CC3)nn2)cc1. The van der Waals surface area contributed by atoms with Gasteiger partial charge in [-0.3, -0.25) is 4.90 Å². The van der Waals surface area contributed by atoms with Crippen molar-refractivity contribution >= 4 is 16.8 Å². The molecule has 8 nitrogen and oxygen atoms in total. The first-order valence-electron chi connectivity index (χ1n) is 10.2. The van der Waals surface area contributed by atoms with Crippen LogP contribution in [0.2, 0.25) is 0 Å². The van der Waals surface area contributed by atoms with E-state index in [1.165, 1.54) is 0 Å². The smallest absolute Gasteiger partial charge is 0.179 e. The van der Waals surface area contributed by atoms with Gasteiger partial charge in [0.1, 0.15) is 5.75 Å². The molecule has 2 aromatic heterocycles. The topological polar surface area (TPSA) is 72.5 Å². The summed E-state index contributed by atoms with van der Waals surface area (Å²) in [7, 11) is 1.66. The Balaban J connectivity index is 1.24. The summed E-state index contributed by atoms with van der Waals surface area (Å²) in [6.07, 6.45) is 3.06. The number of anilines is 1. The number of ether oxygens (including phenoxy) is 1. The predicted molar refractivity (Wildman–Crippen MR) is 114 cm³/mol. The van der Waals surface area contributed by atoms with Crippen LogP contribution in [0.25, 0.3) is 16.7 Å². The van der Waals surface area contributed by atoms with Crippen molar-refractivity contribution in [1.29, 1.82) is 0 Å². The van der Waals surface area contributed by atoms with Gasteiger partial charge < -0.3 is 14.2 Å². The first kappa shape index (κ1) is 18.6. The third-order valence-corrected chi connectivity index (χ3v) is 5.51. The lowest BCUT2D eigenvalue weighted by molar-refractivity contribution is 0.282. The Hall–Kier alpha value is -3.39. The van der Waals surface area contributed by atoms with Crippen LogP contribution >= 0.6 is 0 Å². The van der Waals surface area contributed by atoms with Gasteiger partial charge in [0.25, 0.3) is 0 Å². The van der Waals surface area contributed by atoms with Crippen LogP contribution in [0, 0.1) is 0 Å². The first-order valence-corrected chi connectivity index (χ1v) is 10.2. The third kappa shape index (κ3) is 3.73. The lowest BCUT2D eigenvalue weighted by Gasteiger charge is -2.20. The zero-order valence-electron chi connectivity index (χ0n) is 16.9. The molecule has 0 spiro atoms. The Morgan fingerprint density at radius 3 is 2.73 bits per heavy atom. The highest BCUT2D eigenvalue weighted by molar-refractivity contribution is 5.88. The van der Waals surface area contributed by atoms with Gasteiger partial charge in [0.2, 0.25) is 0 Å². The van der Waals surface area contributed by atoms with Crippen LogP contribution in [0.5, 0.6) is 5.75 Å². The highest BCUT2D eigenvalue weighted by Gasteiger charge is 2.20. The standard InChI is InChI=1S/C22H24N6O2/c1-29-19-9-7-18(8-10-19)28-16-17(23-25-28)15-26-11-4-12-27(14-13-26)22-20-5-2-3-6-21(20)30-24-22/h2-3,5-10,16H,4,11-15H2,1H3. The van der Waals surface area contributed by atoms with Crippen molar-refractivity contribution in [1.82, 2.24) is 25.1 Å². The second kappa shape index (κ2) is 8.16. The van der Waals surface area contributed by atoms with E-state index in [-0.39, 0.29) is 0 Å². The maximum absolute atomic E-state index is 5.49. The molecule has 8 heteroatoms. The van der Waals surface area contributed by atoms with E-state index >= 15 is 0 Å². The second-order valence-electron chi connectivity index (χ2n) is 7.47. The lowest BCUT2D eigenvalue weighted by Crippen LogP contribution is -2.30. The fourth-order valence-electron chi connectivity index (χ4n) is 3.90. The number of methoxy groups -OCH3 is 1. The molecule has 1 fully saturated rings. The predicted octanol–water partition coefficient (Wildman–Crippen LogP) is 3.13. The van der Waals surface area contributed by atoms with E-state index in [0.29, 0.717) is 0 Å². The first-order chi connectivity index (χ1) is 14.8. The van der Waals surface area contributed by atoms with Crippen molar-refractivity contribution in [3.05, 3.63) is 60.4 Å². The summed E-state index contributed by atoms with van der Waals surface area (Å²) in [4.78, 5) is 4.74. The molecule has 0 N–H and O–H groups in total. The molecule has 1 aliphatic rings. The van der Waals surface area contributed by atoms with Gasteiger partial charge in [-0.05, 0) is 42.8 Å². The Labute approximate surface area is 174 Å². The summed E-state index contributed by atoms with van der Waals surface area (Å²) in [5.74, 6) is 1.77. The number of rotatable bonds is 5. The number of para-hydroxylation sites is 1. The van der Waals surface area contributed by atoms with Crippen molar-refractivity contribution < 1.29 is 9.26 Å². The fourth-order valence-corrected chi connectivity index (χ4v) is 3.90. The molecular formula is C22H24N6O2. The molecule has 154 valence electrons. The number of hydrogen-bond acceptors (Lipinski definition) is 7. The summed E-state index contributed by atoms with van der Waals surface area (Å²) in [6, 6.07) is 15.8. The van der Waals surface area contributed by atoms with E-state index in [2.05, 4.69) is 31.3 Å². The Kier molecular flexibility index (Phi) is 5.06. The zero-order chi connectivity index (χ0) is 20.3. The van der Waals surface area contributed by atoms with Gasteiger partial charge in [0, 0.05) is 32.7 Å². The number of nitrogens with zero attached hydrogens (tertiary/aromatic N) is 6. The molecule has 0 unspecified atom stereocenters. The van der Waals surface area contributed by atoms with Gasteiger partial charge in [0.05, 0.1) is 30.1 Å². The highest BCUT2D eigenvalue weighted by Crippen LogP contribution is 2.26. The van der Waals surface area contributed by atoms with Gasteiger partial charge in [0.15, 0.2) is 11.4 Å². The van der Waals surface area contributed by atoms with Gasteiger partial charge in [-0.2, -0.15) is 0 Å². The Morgan fingerprint density at radius 1 is 1.00 bits per heavy atom. The van der Waals surface area contributed by atoms with Gasteiger partial charge in [-0.25, -0.2) is 4.68 Å². The molecule has 0 amide bonds. The van der Waals surface area contributed by atoms with Gasteiger partial charge in [-0.15, -0.1) is 5.10 Å². The van der Waals surface area contributed by atoms with Crippen LogP contribution in [0.15, 0.2) is 59.3 Å². The average Bonchev–Trinajstić information content (AvgIpc) is 3.37. The van der Waals surface area contributed by atoms with E-state index in [9.17, 15) is 0 Å². The van der Waals surface area contributed by atoms with Crippen LogP contribution in [-0.4, -0.2) is 58.3 Å². The van der Waals surface area contributed by atoms with E-state index in [0.717, 1.165) is 73.1 Å². The van der Waals surface area contributed by atoms with E-state index in [1.807, 2.05) is 48.7 Å². The molecule has 1 aliphatic heterocycles. The quantitative estimate of drug-likeness (QED) is 0.506.